The molecule has 8 aliphatic carbocycles. The van der Waals surface area contributed by atoms with Crippen molar-refractivity contribution in [1.82, 2.24) is 0 Å². The van der Waals surface area contributed by atoms with Crippen LogP contribution in [0.15, 0.2) is 93.2 Å². The van der Waals surface area contributed by atoms with Crippen LogP contribution in [0.5, 0.6) is 0 Å². The first-order valence-corrected chi connectivity index (χ1v) is 17.6. The fourth-order valence-corrected chi connectivity index (χ4v) is 10.2. The quantitative estimate of drug-likeness (QED) is 0.166. The van der Waals surface area contributed by atoms with Gasteiger partial charge in [-0.2, -0.15) is 0 Å². The molecule has 1 fully saturated rings. The van der Waals surface area contributed by atoms with Crippen LogP contribution in [0.3, 0.4) is 0 Å². The Balaban J connectivity index is 1.30. The second kappa shape index (κ2) is 12.1. The molecule has 0 amide bonds. The molecule has 0 radical (unpaired) electrons. The number of aldehydes is 1. The minimum absolute atomic E-state index is 0.0280. The monoisotopic (exact) mass is 630 g/mol. The van der Waals surface area contributed by atoms with Crippen LogP contribution in [0.1, 0.15) is 97.8 Å². The molecule has 0 heterocycles. The molecule has 6 unspecified atom stereocenters. The van der Waals surface area contributed by atoms with Gasteiger partial charge in [0.05, 0.1) is 0 Å². The molecule has 5 heteroatoms. The number of Topliss-reactive ketones (excluding diaryl/α,β-unsaturated/α-hetero) is 1. The summed E-state index contributed by atoms with van der Waals surface area (Å²) in [5.41, 5.74) is 6.15. The summed E-state index contributed by atoms with van der Waals surface area (Å²) in [4.78, 5) is 68.0. The number of fused-ring (bicyclic) bond motifs is 10. The van der Waals surface area contributed by atoms with Crippen molar-refractivity contribution in [2.75, 3.05) is 0 Å². The number of ketones is 4. The Kier molecular flexibility index (Phi) is 8.17. The largest absolute Gasteiger partial charge is 0.303 e. The molecule has 8 rings (SSSR count). The minimum atomic E-state index is -0.782. The molecular formula is C42H46O5. The lowest BCUT2D eigenvalue weighted by Gasteiger charge is -2.60. The van der Waals surface area contributed by atoms with Crippen molar-refractivity contribution in [3.8, 4) is 0 Å². The molecule has 0 saturated heterocycles. The smallest absolute Gasteiger partial charge is 0.182 e. The third-order valence-corrected chi connectivity index (χ3v) is 12.7. The Morgan fingerprint density at radius 3 is 2.04 bits per heavy atom. The van der Waals surface area contributed by atoms with E-state index in [0.29, 0.717) is 61.7 Å². The highest BCUT2D eigenvalue weighted by Crippen LogP contribution is 2.66. The van der Waals surface area contributed by atoms with Gasteiger partial charge in [-0.15, -0.1) is 0 Å². The normalized spacial score (nSPS) is 39.3. The highest BCUT2D eigenvalue weighted by atomic mass is 16.1. The van der Waals surface area contributed by atoms with Crippen LogP contribution < -0.4 is 0 Å². The van der Waals surface area contributed by atoms with Gasteiger partial charge in [0.2, 0.25) is 0 Å². The third kappa shape index (κ3) is 5.44. The molecule has 0 aromatic heterocycles. The van der Waals surface area contributed by atoms with Crippen LogP contribution in [0, 0.1) is 34.5 Å². The number of allylic oxidation sites excluding steroid dienone is 16. The van der Waals surface area contributed by atoms with E-state index in [1.54, 1.807) is 6.08 Å². The van der Waals surface area contributed by atoms with Crippen molar-refractivity contribution in [3.05, 3.63) is 93.2 Å². The van der Waals surface area contributed by atoms with Crippen molar-refractivity contribution >= 4 is 29.4 Å². The van der Waals surface area contributed by atoms with Crippen molar-refractivity contribution in [3.63, 3.8) is 0 Å². The topological polar surface area (TPSA) is 85.3 Å². The first-order chi connectivity index (χ1) is 22.5. The first kappa shape index (κ1) is 31.8. The zero-order valence-corrected chi connectivity index (χ0v) is 28.0. The number of carbonyl (C=O) groups is 5. The maximum Gasteiger partial charge on any atom is 0.182 e. The highest BCUT2D eigenvalue weighted by Gasteiger charge is 2.65. The Hall–Kier alpha value is -3.73. The fraction of sp³-hybridized carbons (Fsp3) is 0.500. The summed E-state index contributed by atoms with van der Waals surface area (Å²) < 4.78 is 0. The molecular weight excluding hydrogens is 584 g/mol. The predicted octanol–water partition coefficient (Wildman–Crippen LogP) is 8.15. The van der Waals surface area contributed by atoms with Gasteiger partial charge in [-0.05, 0) is 134 Å². The van der Waals surface area contributed by atoms with E-state index in [-0.39, 0.29) is 46.8 Å². The average molecular weight is 631 g/mol. The summed E-state index contributed by atoms with van der Waals surface area (Å²) in [6.07, 6.45) is 25.1. The van der Waals surface area contributed by atoms with Crippen molar-refractivity contribution < 1.29 is 24.0 Å². The molecule has 0 aromatic carbocycles. The van der Waals surface area contributed by atoms with Gasteiger partial charge in [0.25, 0.3) is 0 Å². The van der Waals surface area contributed by atoms with E-state index < -0.39 is 10.8 Å². The van der Waals surface area contributed by atoms with Crippen LogP contribution >= 0.6 is 0 Å². The van der Waals surface area contributed by atoms with E-state index >= 15 is 0 Å². The van der Waals surface area contributed by atoms with E-state index in [1.807, 2.05) is 13.0 Å². The van der Waals surface area contributed by atoms with Gasteiger partial charge in [-0.3, -0.25) is 19.2 Å². The number of carbonyl (C=O) groups excluding carboxylic acids is 5. The lowest BCUT2D eigenvalue weighted by atomic mass is 9.41. The zero-order valence-electron chi connectivity index (χ0n) is 28.0. The Labute approximate surface area is 278 Å². The molecule has 6 atom stereocenters. The van der Waals surface area contributed by atoms with Gasteiger partial charge in [0.15, 0.2) is 23.1 Å². The summed E-state index contributed by atoms with van der Waals surface area (Å²) in [6, 6.07) is 0. The standard InChI is InChI=1S/C42H46O5/c1-25-6-4-8-28-15-33(14-27(3)10-11-30-19-38(45)31(12-25)20-37(30)44)41(24-43)22-35-17-29-9-5-7-26(2)13-32-21-39(46)42(35,23-34(41)16-28)36(18-29)40(32)47/h6-7,10,15,17,19-21,24,33-36H,4-5,8-9,11-14,16,18,22-23H2,1-3H3/b25-6-,26-7+,27-10-. The van der Waals surface area contributed by atoms with E-state index in [9.17, 15) is 24.0 Å². The molecule has 1 spiro atoms. The molecule has 0 N–H and O–H groups in total. The molecule has 47 heavy (non-hydrogen) atoms. The summed E-state index contributed by atoms with van der Waals surface area (Å²) >= 11 is 0. The Morgan fingerprint density at radius 1 is 0.681 bits per heavy atom. The Morgan fingerprint density at radius 2 is 1.32 bits per heavy atom. The number of rotatable bonds is 1. The molecule has 8 aliphatic rings. The van der Waals surface area contributed by atoms with Gasteiger partial charge >= 0.3 is 0 Å². The van der Waals surface area contributed by atoms with Crippen LogP contribution in [-0.2, 0) is 24.0 Å². The molecule has 0 aromatic rings. The van der Waals surface area contributed by atoms with Crippen molar-refractivity contribution in [2.24, 2.45) is 34.5 Å². The molecule has 7 bridgehead atoms. The first-order valence-electron chi connectivity index (χ1n) is 17.6. The molecule has 0 aliphatic heterocycles. The number of hydrogen-bond acceptors (Lipinski definition) is 5. The van der Waals surface area contributed by atoms with Crippen LogP contribution in [0.2, 0.25) is 0 Å². The minimum Gasteiger partial charge on any atom is -0.303 e. The van der Waals surface area contributed by atoms with Gasteiger partial charge in [0, 0.05) is 33.5 Å². The van der Waals surface area contributed by atoms with Crippen molar-refractivity contribution in [2.45, 2.75) is 97.8 Å². The zero-order chi connectivity index (χ0) is 33.1. The van der Waals surface area contributed by atoms with Crippen LogP contribution in [-0.4, -0.2) is 29.4 Å². The number of hydrogen-bond donors (Lipinski definition) is 0. The maximum absolute atomic E-state index is 14.4. The van der Waals surface area contributed by atoms with Crippen LogP contribution in [0.4, 0.5) is 0 Å². The van der Waals surface area contributed by atoms with Gasteiger partial charge in [0.1, 0.15) is 6.29 Å². The third-order valence-electron chi connectivity index (χ3n) is 12.7. The Bertz CT molecular complexity index is 1730. The second-order valence-corrected chi connectivity index (χ2v) is 15.7. The summed E-state index contributed by atoms with van der Waals surface area (Å²) in [6.45, 7) is 6.13. The molecule has 244 valence electrons. The van der Waals surface area contributed by atoms with Gasteiger partial charge < -0.3 is 4.79 Å². The SMILES string of the molecule is C/C1=C/CCC2=CC(C/C(C)=C\CC3=CC(=O)C(=CC3=O)C1)C1(C=O)CC3C=C4CC/C=C(\C)CC5=CC(=O)C3(CC1C2)C(C4)C5=O. The van der Waals surface area contributed by atoms with Gasteiger partial charge in [-0.25, -0.2) is 0 Å². The predicted molar refractivity (Wildman–Crippen MR) is 182 cm³/mol. The highest BCUT2D eigenvalue weighted by molar-refractivity contribution is 6.20. The van der Waals surface area contributed by atoms with E-state index in [2.05, 4.69) is 38.2 Å². The summed E-state index contributed by atoms with van der Waals surface area (Å²) in [5.74, 6) is -0.529. The average Bonchev–Trinajstić information content (AvgIpc) is 3.02. The van der Waals surface area contributed by atoms with E-state index in [4.69, 9.17) is 0 Å². The lowest BCUT2D eigenvalue weighted by Crippen LogP contribution is -2.60. The van der Waals surface area contributed by atoms with E-state index in [1.165, 1.54) is 29.6 Å². The molecule has 5 nitrogen and oxygen atoms in total. The summed E-state index contributed by atoms with van der Waals surface area (Å²) in [7, 11) is 0. The lowest BCUT2D eigenvalue weighted by molar-refractivity contribution is -0.156. The summed E-state index contributed by atoms with van der Waals surface area (Å²) in [5, 5.41) is 0. The van der Waals surface area contributed by atoms with Gasteiger partial charge in [-0.1, -0.05) is 58.2 Å². The maximum atomic E-state index is 14.4. The van der Waals surface area contributed by atoms with Crippen molar-refractivity contribution in [1.29, 1.82) is 0 Å². The van der Waals surface area contributed by atoms with E-state index in [0.717, 1.165) is 48.8 Å². The fourth-order valence-electron chi connectivity index (χ4n) is 10.2. The molecule has 1 saturated carbocycles. The van der Waals surface area contributed by atoms with Crippen LogP contribution in [0.25, 0.3) is 0 Å². The second-order valence-electron chi connectivity index (χ2n) is 15.7.